The average Bonchev–Trinajstić information content (AvgIpc) is 2.88. The van der Waals surface area contributed by atoms with E-state index in [0.717, 1.165) is 19.4 Å². The lowest BCUT2D eigenvalue weighted by molar-refractivity contribution is 0.0588. The van der Waals surface area contributed by atoms with Gasteiger partial charge in [0.05, 0.1) is 12.3 Å². The molecule has 1 amide bonds. The highest BCUT2D eigenvalue weighted by Crippen LogP contribution is 2.15. The van der Waals surface area contributed by atoms with E-state index in [4.69, 9.17) is 10.5 Å². The van der Waals surface area contributed by atoms with Crippen molar-refractivity contribution in [2.75, 3.05) is 25.9 Å². The minimum Gasteiger partial charge on any atom is -0.383 e. The summed E-state index contributed by atoms with van der Waals surface area (Å²) in [6, 6.07) is 0. The minimum absolute atomic E-state index is 0.123. The maximum absolute atomic E-state index is 11.9. The van der Waals surface area contributed by atoms with Crippen molar-refractivity contribution in [3.63, 3.8) is 0 Å². The van der Waals surface area contributed by atoms with Crippen LogP contribution in [0.3, 0.4) is 0 Å². The van der Waals surface area contributed by atoms with E-state index in [1.54, 1.807) is 11.9 Å². The fourth-order valence-corrected chi connectivity index (χ4v) is 1.85. The van der Waals surface area contributed by atoms with Crippen LogP contribution in [0.4, 0.5) is 5.82 Å². The molecule has 0 bridgehead atoms. The number of amides is 1. The van der Waals surface area contributed by atoms with Gasteiger partial charge in [-0.2, -0.15) is 5.10 Å². The molecule has 0 aromatic carbocycles. The number of anilines is 1. The number of hydrogen-bond acceptors (Lipinski definition) is 4. The number of likely N-dealkylation sites (N-methyl/N-ethyl adjacent to an activating group) is 1. The molecule has 2 heterocycles. The summed E-state index contributed by atoms with van der Waals surface area (Å²) in [6.07, 6.45) is 3.69. The second-order valence-corrected chi connectivity index (χ2v) is 4.02. The number of nitrogens with zero attached hydrogens (tertiary/aromatic N) is 2. The molecule has 1 atom stereocenters. The Balaban J connectivity index is 1.96. The molecule has 0 spiro atoms. The molecule has 0 saturated carbocycles. The smallest absolute Gasteiger partial charge is 0.259 e. The Bertz CT molecular complexity index is 371. The number of nitrogens with one attached hydrogen (secondary N) is 1. The molecule has 0 radical (unpaired) electrons. The van der Waals surface area contributed by atoms with Crippen molar-refractivity contribution in [2.45, 2.75) is 18.9 Å². The van der Waals surface area contributed by atoms with Gasteiger partial charge in [-0.05, 0) is 12.8 Å². The standard InChI is InChI=1S/C10H16N4O2/c1-14(6-7-3-2-4-16-7)10(15)8-5-12-13-9(8)11/h5,7H,2-4,6H2,1H3,(H3,11,12,13). The van der Waals surface area contributed by atoms with Gasteiger partial charge in [-0.1, -0.05) is 0 Å². The summed E-state index contributed by atoms with van der Waals surface area (Å²) in [6.45, 7) is 1.39. The zero-order valence-electron chi connectivity index (χ0n) is 9.27. The molecule has 1 aromatic rings. The number of ether oxygens (including phenoxy) is 1. The molecular weight excluding hydrogens is 208 g/mol. The van der Waals surface area contributed by atoms with E-state index in [-0.39, 0.29) is 12.0 Å². The van der Waals surface area contributed by atoms with Gasteiger partial charge in [-0.15, -0.1) is 0 Å². The molecule has 88 valence electrons. The summed E-state index contributed by atoms with van der Waals surface area (Å²) < 4.78 is 5.47. The van der Waals surface area contributed by atoms with Crippen LogP contribution in [-0.4, -0.2) is 47.3 Å². The zero-order valence-corrected chi connectivity index (χ0v) is 9.27. The molecule has 2 rings (SSSR count). The lowest BCUT2D eigenvalue weighted by atomic mass is 10.2. The highest BCUT2D eigenvalue weighted by molar-refractivity contribution is 5.97. The average molecular weight is 224 g/mol. The first-order chi connectivity index (χ1) is 7.68. The van der Waals surface area contributed by atoms with Gasteiger partial charge in [-0.25, -0.2) is 0 Å². The number of carbonyl (C=O) groups excluding carboxylic acids is 1. The van der Waals surface area contributed by atoms with Crippen LogP contribution < -0.4 is 5.73 Å². The highest BCUT2D eigenvalue weighted by Gasteiger charge is 2.22. The molecule has 3 N–H and O–H groups in total. The maximum atomic E-state index is 11.9. The SMILES string of the molecule is CN(CC1CCCO1)C(=O)c1cn[nH]c1N. The van der Waals surface area contributed by atoms with Crippen LogP contribution in [0.1, 0.15) is 23.2 Å². The molecule has 0 aliphatic carbocycles. The number of hydrogen-bond donors (Lipinski definition) is 2. The van der Waals surface area contributed by atoms with Crippen molar-refractivity contribution < 1.29 is 9.53 Å². The summed E-state index contributed by atoms with van der Waals surface area (Å²) in [5, 5.41) is 6.28. The molecule has 1 aliphatic heterocycles. The fourth-order valence-electron chi connectivity index (χ4n) is 1.85. The lowest BCUT2D eigenvalue weighted by Crippen LogP contribution is -2.34. The molecular formula is C10H16N4O2. The normalized spacial score (nSPS) is 19.9. The van der Waals surface area contributed by atoms with E-state index in [1.165, 1.54) is 6.20 Å². The van der Waals surface area contributed by atoms with Crippen LogP contribution in [0.2, 0.25) is 0 Å². The van der Waals surface area contributed by atoms with Crippen molar-refractivity contribution in [2.24, 2.45) is 0 Å². The Hall–Kier alpha value is -1.56. The lowest BCUT2D eigenvalue weighted by Gasteiger charge is -2.20. The molecule has 6 nitrogen and oxygen atoms in total. The van der Waals surface area contributed by atoms with Gasteiger partial charge in [0.1, 0.15) is 11.4 Å². The number of nitrogens with two attached hydrogens (primary N) is 1. The van der Waals surface area contributed by atoms with E-state index in [9.17, 15) is 4.79 Å². The van der Waals surface area contributed by atoms with Crippen molar-refractivity contribution >= 4 is 11.7 Å². The van der Waals surface area contributed by atoms with E-state index in [0.29, 0.717) is 17.9 Å². The van der Waals surface area contributed by atoms with Gasteiger partial charge in [0, 0.05) is 20.2 Å². The van der Waals surface area contributed by atoms with E-state index in [2.05, 4.69) is 10.2 Å². The first-order valence-electron chi connectivity index (χ1n) is 5.34. The molecule has 16 heavy (non-hydrogen) atoms. The van der Waals surface area contributed by atoms with Crippen molar-refractivity contribution in [3.05, 3.63) is 11.8 Å². The number of aromatic amines is 1. The number of aromatic nitrogens is 2. The van der Waals surface area contributed by atoms with Crippen LogP contribution in [0.25, 0.3) is 0 Å². The molecule has 1 saturated heterocycles. The van der Waals surface area contributed by atoms with E-state index >= 15 is 0 Å². The Labute approximate surface area is 93.8 Å². The summed E-state index contributed by atoms with van der Waals surface area (Å²) in [7, 11) is 1.75. The summed E-state index contributed by atoms with van der Waals surface area (Å²) in [5.41, 5.74) is 6.01. The first-order valence-corrected chi connectivity index (χ1v) is 5.34. The highest BCUT2D eigenvalue weighted by atomic mass is 16.5. The zero-order chi connectivity index (χ0) is 11.5. The third-order valence-corrected chi connectivity index (χ3v) is 2.75. The predicted octanol–water partition coefficient (Wildman–Crippen LogP) is 0.243. The van der Waals surface area contributed by atoms with Gasteiger partial charge >= 0.3 is 0 Å². The molecule has 6 heteroatoms. The number of H-pyrrole nitrogens is 1. The van der Waals surface area contributed by atoms with Gasteiger partial charge in [0.25, 0.3) is 5.91 Å². The van der Waals surface area contributed by atoms with Gasteiger partial charge < -0.3 is 15.4 Å². The topological polar surface area (TPSA) is 84.2 Å². The maximum Gasteiger partial charge on any atom is 0.259 e. The molecule has 1 aliphatic rings. The minimum atomic E-state index is -0.123. The largest absolute Gasteiger partial charge is 0.383 e. The molecule has 1 fully saturated rings. The Morgan fingerprint density at radius 2 is 2.62 bits per heavy atom. The van der Waals surface area contributed by atoms with Crippen molar-refractivity contribution in [1.29, 1.82) is 0 Å². The van der Waals surface area contributed by atoms with Crippen molar-refractivity contribution in [1.82, 2.24) is 15.1 Å². The summed E-state index contributed by atoms with van der Waals surface area (Å²) >= 11 is 0. The third kappa shape index (κ3) is 2.16. The summed E-state index contributed by atoms with van der Waals surface area (Å²) in [4.78, 5) is 13.6. The second kappa shape index (κ2) is 4.52. The van der Waals surface area contributed by atoms with Gasteiger partial charge in [0.2, 0.25) is 0 Å². The number of rotatable bonds is 3. The Kier molecular flexibility index (Phi) is 3.09. The van der Waals surface area contributed by atoms with Crippen LogP contribution >= 0.6 is 0 Å². The van der Waals surface area contributed by atoms with Crippen molar-refractivity contribution in [3.8, 4) is 0 Å². The van der Waals surface area contributed by atoms with Crippen LogP contribution in [0.15, 0.2) is 6.20 Å². The third-order valence-electron chi connectivity index (χ3n) is 2.75. The second-order valence-electron chi connectivity index (χ2n) is 4.02. The molecule has 1 unspecified atom stereocenters. The van der Waals surface area contributed by atoms with Crippen LogP contribution in [-0.2, 0) is 4.74 Å². The van der Waals surface area contributed by atoms with Gasteiger partial charge in [-0.3, -0.25) is 9.89 Å². The number of nitrogen functional groups attached to an aromatic ring is 1. The Morgan fingerprint density at radius 1 is 1.81 bits per heavy atom. The first kappa shape index (κ1) is 10.9. The van der Waals surface area contributed by atoms with E-state index < -0.39 is 0 Å². The predicted molar refractivity (Wildman–Crippen MR) is 58.9 cm³/mol. The fraction of sp³-hybridized carbons (Fsp3) is 0.600. The van der Waals surface area contributed by atoms with Gasteiger partial charge in [0.15, 0.2) is 0 Å². The molecule has 1 aromatic heterocycles. The summed E-state index contributed by atoms with van der Waals surface area (Å²) in [5.74, 6) is 0.186. The quantitative estimate of drug-likeness (QED) is 0.770. The number of carbonyl (C=O) groups is 1. The monoisotopic (exact) mass is 224 g/mol. The van der Waals surface area contributed by atoms with E-state index in [1.807, 2.05) is 0 Å². The van der Waals surface area contributed by atoms with Crippen LogP contribution in [0.5, 0.6) is 0 Å². The Morgan fingerprint density at radius 3 is 3.19 bits per heavy atom. The van der Waals surface area contributed by atoms with Crippen LogP contribution in [0, 0.1) is 0 Å².